The molecule has 2 amide bonds. The lowest BCUT2D eigenvalue weighted by Crippen LogP contribution is -2.43. The zero-order chi connectivity index (χ0) is 17.5. The number of nitrogens with one attached hydrogen (secondary N) is 2. The summed E-state index contributed by atoms with van der Waals surface area (Å²) in [6.07, 6.45) is 3.03. The van der Waals surface area contributed by atoms with E-state index in [2.05, 4.69) is 15.5 Å². The number of piperidine rings is 1. The molecule has 1 fully saturated rings. The van der Waals surface area contributed by atoms with Gasteiger partial charge in [0.15, 0.2) is 0 Å². The third kappa shape index (κ3) is 5.54. The Hall–Kier alpha value is -1.50. The minimum absolute atomic E-state index is 0.206. The zero-order valence-corrected chi connectivity index (χ0v) is 15.0. The van der Waals surface area contributed by atoms with Gasteiger partial charge in [-0.2, -0.15) is 0 Å². The molecule has 1 aliphatic heterocycles. The topological polar surface area (TPSA) is 73.8 Å². The van der Waals surface area contributed by atoms with Gasteiger partial charge in [-0.05, 0) is 44.5 Å². The normalized spacial score (nSPS) is 16.5. The molecule has 0 spiro atoms. The molecule has 2 rings (SSSR count). The molecule has 0 aliphatic carbocycles. The predicted octanol–water partition coefficient (Wildman–Crippen LogP) is 2.63. The monoisotopic (exact) mass is 355 g/mol. The minimum atomic E-state index is -0.581. The summed E-state index contributed by atoms with van der Waals surface area (Å²) in [5.74, 6) is 0.495. The van der Waals surface area contributed by atoms with Crippen LogP contribution in [-0.4, -0.2) is 55.4 Å². The van der Waals surface area contributed by atoms with E-state index in [1.54, 1.807) is 12.1 Å². The second kappa shape index (κ2) is 9.11. The summed E-state index contributed by atoms with van der Waals surface area (Å²) in [5.41, 5.74) is 1.39. The Morgan fingerprint density at radius 1 is 1.38 bits per heavy atom. The number of halogens is 1. The molecular formula is C17H26ClN3O3. The second-order valence-corrected chi connectivity index (χ2v) is 6.56. The zero-order valence-electron chi connectivity index (χ0n) is 14.3. The van der Waals surface area contributed by atoms with Crippen molar-refractivity contribution in [1.29, 1.82) is 0 Å². The number of anilines is 1. The van der Waals surface area contributed by atoms with Crippen molar-refractivity contribution in [2.75, 3.05) is 38.6 Å². The molecule has 134 valence electrons. The lowest BCUT2D eigenvalue weighted by molar-refractivity contribution is 0.102. The van der Waals surface area contributed by atoms with Crippen molar-refractivity contribution < 1.29 is 14.6 Å². The number of amides is 2. The van der Waals surface area contributed by atoms with Gasteiger partial charge in [0.2, 0.25) is 0 Å². The lowest BCUT2D eigenvalue weighted by Gasteiger charge is -2.28. The number of carbonyl (C=O) groups excluding carboxylic acids is 1. The molecule has 1 aromatic rings. The molecule has 24 heavy (non-hydrogen) atoms. The van der Waals surface area contributed by atoms with Gasteiger partial charge in [-0.15, -0.1) is 0 Å². The molecule has 0 saturated carbocycles. The third-order valence-electron chi connectivity index (χ3n) is 4.14. The number of aliphatic hydroxyl groups excluding tert-OH is 1. The van der Waals surface area contributed by atoms with Crippen molar-refractivity contribution in [1.82, 2.24) is 10.2 Å². The number of aryl methyl sites for hydroxylation is 1. The van der Waals surface area contributed by atoms with E-state index < -0.39 is 6.10 Å². The number of β-amino-alcohol motifs (C(OH)–C–C–N with tert-alkyl or cyclic N) is 1. The van der Waals surface area contributed by atoms with Crippen molar-refractivity contribution in [3.05, 3.63) is 22.7 Å². The van der Waals surface area contributed by atoms with Crippen LogP contribution in [0.15, 0.2) is 12.1 Å². The summed E-state index contributed by atoms with van der Waals surface area (Å²) in [5, 5.41) is 16.1. The summed E-state index contributed by atoms with van der Waals surface area (Å²) in [6.45, 7) is 4.68. The molecule has 0 bridgehead atoms. The summed E-state index contributed by atoms with van der Waals surface area (Å²) in [6, 6.07) is 3.04. The average Bonchev–Trinajstić information content (AvgIpc) is 2.57. The molecule has 1 aromatic carbocycles. The van der Waals surface area contributed by atoms with Crippen LogP contribution in [0, 0.1) is 6.92 Å². The SMILES string of the molecule is COc1cc(Cl)c(C)cc1NC(=O)NC[C@H](O)CN1CCCCC1. The van der Waals surface area contributed by atoms with Gasteiger partial charge in [0.05, 0.1) is 18.9 Å². The minimum Gasteiger partial charge on any atom is -0.495 e. The standard InChI is InChI=1S/C17H26ClN3O3/c1-12-8-15(16(24-2)9-14(12)18)20-17(23)19-10-13(22)11-21-6-4-3-5-7-21/h8-9,13,22H,3-7,10-11H2,1-2H3,(H2,19,20,23)/t13-/m0/s1. The van der Waals surface area contributed by atoms with E-state index in [4.69, 9.17) is 16.3 Å². The van der Waals surface area contributed by atoms with Gasteiger partial charge in [0, 0.05) is 24.2 Å². The van der Waals surface area contributed by atoms with Gasteiger partial charge < -0.3 is 25.4 Å². The van der Waals surface area contributed by atoms with E-state index in [0.717, 1.165) is 18.7 Å². The highest BCUT2D eigenvalue weighted by Crippen LogP contribution is 2.30. The number of rotatable bonds is 6. The molecule has 1 aliphatic rings. The van der Waals surface area contributed by atoms with Crippen LogP contribution in [-0.2, 0) is 0 Å². The Morgan fingerprint density at radius 2 is 2.08 bits per heavy atom. The lowest BCUT2D eigenvalue weighted by atomic mass is 10.1. The number of carbonyl (C=O) groups is 1. The number of methoxy groups -OCH3 is 1. The first kappa shape index (κ1) is 18.8. The number of likely N-dealkylation sites (tertiary alicyclic amines) is 1. The average molecular weight is 356 g/mol. The van der Waals surface area contributed by atoms with Crippen LogP contribution in [0.5, 0.6) is 5.75 Å². The van der Waals surface area contributed by atoms with Crippen LogP contribution in [0.1, 0.15) is 24.8 Å². The Labute approximate surface area is 148 Å². The van der Waals surface area contributed by atoms with Gasteiger partial charge in [-0.1, -0.05) is 18.0 Å². The quantitative estimate of drug-likeness (QED) is 0.733. The number of aliphatic hydroxyl groups is 1. The Morgan fingerprint density at radius 3 is 2.75 bits per heavy atom. The highest BCUT2D eigenvalue weighted by molar-refractivity contribution is 6.31. The summed E-state index contributed by atoms with van der Waals surface area (Å²) in [4.78, 5) is 14.3. The largest absolute Gasteiger partial charge is 0.495 e. The van der Waals surface area contributed by atoms with Crippen molar-refractivity contribution in [2.45, 2.75) is 32.3 Å². The molecular weight excluding hydrogens is 330 g/mol. The van der Waals surface area contributed by atoms with Crippen LogP contribution in [0.2, 0.25) is 5.02 Å². The second-order valence-electron chi connectivity index (χ2n) is 6.15. The summed E-state index contributed by atoms with van der Waals surface area (Å²) >= 11 is 6.05. The molecule has 0 aromatic heterocycles. The third-order valence-corrected chi connectivity index (χ3v) is 4.55. The number of hydrogen-bond donors (Lipinski definition) is 3. The summed E-state index contributed by atoms with van der Waals surface area (Å²) in [7, 11) is 1.52. The van der Waals surface area contributed by atoms with Crippen LogP contribution in [0.4, 0.5) is 10.5 Å². The van der Waals surface area contributed by atoms with Gasteiger partial charge in [-0.25, -0.2) is 4.79 Å². The molecule has 0 unspecified atom stereocenters. The first-order valence-electron chi connectivity index (χ1n) is 8.29. The Balaban J connectivity index is 1.81. The highest BCUT2D eigenvalue weighted by Gasteiger charge is 2.16. The molecule has 1 heterocycles. The highest BCUT2D eigenvalue weighted by atomic mass is 35.5. The maximum absolute atomic E-state index is 12.0. The fourth-order valence-corrected chi connectivity index (χ4v) is 2.97. The van der Waals surface area contributed by atoms with Crippen molar-refractivity contribution in [3.8, 4) is 5.75 Å². The number of ether oxygens (including phenoxy) is 1. The van der Waals surface area contributed by atoms with Gasteiger partial charge in [0.25, 0.3) is 0 Å². The fourth-order valence-electron chi connectivity index (χ4n) is 2.81. The number of hydrogen-bond acceptors (Lipinski definition) is 4. The van der Waals surface area contributed by atoms with E-state index in [1.807, 2.05) is 6.92 Å². The van der Waals surface area contributed by atoms with Gasteiger partial charge >= 0.3 is 6.03 Å². The van der Waals surface area contributed by atoms with Crippen molar-refractivity contribution in [3.63, 3.8) is 0 Å². The van der Waals surface area contributed by atoms with Crippen molar-refractivity contribution >= 4 is 23.3 Å². The predicted molar refractivity (Wildman–Crippen MR) is 96.1 cm³/mol. The van der Waals surface area contributed by atoms with Crippen LogP contribution < -0.4 is 15.4 Å². The number of nitrogens with zero attached hydrogens (tertiary/aromatic N) is 1. The van der Waals surface area contributed by atoms with Crippen LogP contribution in [0.25, 0.3) is 0 Å². The first-order valence-corrected chi connectivity index (χ1v) is 8.67. The van der Waals surface area contributed by atoms with E-state index >= 15 is 0 Å². The van der Waals surface area contributed by atoms with E-state index in [1.165, 1.54) is 26.4 Å². The molecule has 3 N–H and O–H groups in total. The van der Waals surface area contributed by atoms with Gasteiger partial charge in [0.1, 0.15) is 5.75 Å². The molecule has 1 saturated heterocycles. The number of urea groups is 1. The summed E-state index contributed by atoms with van der Waals surface area (Å²) < 4.78 is 5.23. The van der Waals surface area contributed by atoms with Crippen LogP contribution in [0.3, 0.4) is 0 Å². The smallest absolute Gasteiger partial charge is 0.319 e. The fraction of sp³-hybridized carbons (Fsp3) is 0.588. The number of benzene rings is 1. The Kier molecular flexibility index (Phi) is 7.15. The van der Waals surface area contributed by atoms with E-state index in [0.29, 0.717) is 23.0 Å². The van der Waals surface area contributed by atoms with E-state index in [9.17, 15) is 9.90 Å². The maximum Gasteiger partial charge on any atom is 0.319 e. The first-order chi connectivity index (χ1) is 11.5. The van der Waals surface area contributed by atoms with Crippen LogP contribution >= 0.6 is 11.6 Å². The maximum atomic E-state index is 12.0. The Bertz CT molecular complexity index is 562. The molecule has 6 nitrogen and oxygen atoms in total. The molecule has 1 atom stereocenters. The van der Waals surface area contributed by atoms with Crippen molar-refractivity contribution in [2.24, 2.45) is 0 Å². The van der Waals surface area contributed by atoms with Gasteiger partial charge in [-0.3, -0.25) is 0 Å². The molecule has 0 radical (unpaired) electrons. The van der Waals surface area contributed by atoms with E-state index in [-0.39, 0.29) is 12.6 Å². The molecule has 7 heteroatoms.